The van der Waals surface area contributed by atoms with E-state index in [4.69, 9.17) is 18.9 Å². The van der Waals surface area contributed by atoms with E-state index in [-0.39, 0.29) is 38.2 Å². The van der Waals surface area contributed by atoms with Crippen molar-refractivity contribution in [3.8, 4) is 0 Å². The third-order valence-electron chi connectivity index (χ3n) is 16.6. The number of rotatable bonds is 70. The van der Waals surface area contributed by atoms with Gasteiger partial charge in [0.25, 0.3) is 6.29 Å². The van der Waals surface area contributed by atoms with E-state index >= 15 is 0 Å². The SMILES string of the molecule is CC/C=C\C/C=C\C/C=C\C/C=C\C/C=C\CCCCCCCCCCCCCCCCCCCC(=O)OC(COC(=O)CCCCCCCCCCCCCCCCCCCCC/C=C\C/C=C\CCCCCCC)COC(OCC[N+](C)(C)C)C(=O)O. The molecule has 0 fully saturated rings. The number of likely N-dealkylation sites (N-methyl/N-ethyl adjacent to an activating group) is 1. The number of ether oxygens (including phenoxy) is 4. The number of carboxylic acid groups (broad SMARTS) is 1. The van der Waals surface area contributed by atoms with Gasteiger partial charge in [0, 0.05) is 12.8 Å². The molecule has 0 rings (SSSR count). The van der Waals surface area contributed by atoms with Gasteiger partial charge in [0.2, 0.25) is 0 Å². The average molecular weight is 1250 g/mol. The molecule has 1 N–H and O–H groups in total. The number of allylic oxidation sites excluding steroid dienone is 14. The molecule has 2 atom stereocenters. The van der Waals surface area contributed by atoms with E-state index in [9.17, 15) is 19.5 Å². The van der Waals surface area contributed by atoms with Gasteiger partial charge >= 0.3 is 17.9 Å². The second kappa shape index (κ2) is 70.3. The quantitative estimate of drug-likeness (QED) is 0.0211. The molecule has 0 aliphatic rings. The Balaban J connectivity index is 4.04. The first-order valence-electron chi connectivity index (χ1n) is 37.8. The van der Waals surface area contributed by atoms with E-state index in [0.29, 0.717) is 17.4 Å². The van der Waals surface area contributed by atoms with Crippen LogP contribution in [0.4, 0.5) is 0 Å². The summed E-state index contributed by atoms with van der Waals surface area (Å²) in [6.45, 7) is 4.80. The molecular weight excluding hydrogens is 1100 g/mol. The van der Waals surface area contributed by atoms with E-state index in [0.717, 1.165) is 77.0 Å². The van der Waals surface area contributed by atoms with Gasteiger partial charge in [0.05, 0.1) is 34.4 Å². The Morgan fingerprint density at radius 3 is 0.955 bits per heavy atom. The molecule has 0 bridgehead atoms. The van der Waals surface area contributed by atoms with Crippen molar-refractivity contribution < 1.29 is 42.9 Å². The number of carbonyl (C=O) groups excluding carboxylic acids is 2. The number of quaternary nitrogens is 1. The highest BCUT2D eigenvalue weighted by Crippen LogP contribution is 2.19. The number of nitrogens with zero attached hydrogens (tertiary/aromatic N) is 1. The van der Waals surface area contributed by atoms with E-state index in [2.05, 4.69) is 98.9 Å². The molecule has 0 heterocycles. The minimum absolute atomic E-state index is 0.180. The lowest BCUT2D eigenvalue weighted by Crippen LogP contribution is -2.40. The van der Waals surface area contributed by atoms with Crippen LogP contribution in [0.15, 0.2) is 85.1 Å². The molecule has 516 valence electrons. The van der Waals surface area contributed by atoms with Crippen LogP contribution in [0.5, 0.6) is 0 Å². The molecule has 0 aliphatic heterocycles. The van der Waals surface area contributed by atoms with Gasteiger partial charge in [-0.1, -0.05) is 330 Å². The standard InChI is InChI=1S/C80H143NO8/c1-6-8-10-12-14-16-18-20-22-24-26-28-30-32-34-36-38-39-41-43-45-47-49-51-53-55-57-59-61-63-65-67-69-71-78(83)89-76(75-88-80(79(84)85)86-73-72-81(3,4)5)74-87-77(82)70-68-66-64-62-60-58-56-54-52-50-48-46-44-42-40-37-35-33-31-29-27-25-23-21-19-17-15-13-11-9-7-2/h8,10,14,16,19-22,25-28,32,34,76,80H,6-7,9,11-13,15,17-18,23-24,29-31,33,35-75H2,1-5H3/p+1/b10-8-,16-14-,21-19-,22-20-,27-25-,28-26-,34-32-. The molecule has 0 saturated carbocycles. The first kappa shape index (κ1) is 85.5. The maximum atomic E-state index is 13.0. The van der Waals surface area contributed by atoms with Crippen LogP contribution in [0, 0.1) is 0 Å². The van der Waals surface area contributed by atoms with Gasteiger partial charge in [-0.15, -0.1) is 0 Å². The number of esters is 2. The van der Waals surface area contributed by atoms with Crippen LogP contribution >= 0.6 is 0 Å². The molecule has 0 aromatic carbocycles. The Labute approximate surface area is 550 Å². The summed E-state index contributed by atoms with van der Waals surface area (Å²) in [4.78, 5) is 37.7. The van der Waals surface area contributed by atoms with Crippen molar-refractivity contribution >= 4 is 17.9 Å². The molecule has 2 unspecified atom stereocenters. The van der Waals surface area contributed by atoms with Crippen molar-refractivity contribution in [1.82, 2.24) is 0 Å². The summed E-state index contributed by atoms with van der Waals surface area (Å²) >= 11 is 0. The summed E-state index contributed by atoms with van der Waals surface area (Å²) < 4.78 is 23.0. The second-order valence-corrected chi connectivity index (χ2v) is 26.6. The van der Waals surface area contributed by atoms with Gasteiger partial charge in [-0.25, -0.2) is 4.79 Å². The van der Waals surface area contributed by atoms with Crippen LogP contribution in [-0.4, -0.2) is 87.4 Å². The fourth-order valence-electron chi connectivity index (χ4n) is 10.9. The van der Waals surface area contributed by atoms with Crippen LogP contribution < -0.4 is 0 Å². The number of aliphatic carboxylic acids is 1. The Hall–Kier alpha value is -3.53. The number of carbonyl (C=O) groups is 3. The third-order valence-corrected chi connectivity index (χ3v) is 16.6. The second-order valence-electron chi connectivity index (χ2n) is 26.6. The van der Waals surface area contributed by atoms with Gasteiger partial charge in [0.1, 0.15) is 13.2 Å². The lowest BCUT2D eigenvalue weighted by Gasteiger charge is -2.25. The van der Waals surface area contributed by atoms with Gasteiger partial charge in [0.15, 0.2) is 6.10 Å². The number of hydrogen-bond acceptors (Lipinski definition) is 7. The van der Waals surface area contributed by atoms with Crippen molar-refractivity contribution in [2.75, 3.05) is 47.5 Å². The third kappa shape index (κ3) is 71.8. The summed E-state index contributed by atoms with van der Waals surface area (Å²) in [5.74, 6) is -1.98. The van der Waals surface area contributed by atoms with E-state index in [1.54, 1.807) is 0 Å². The van der Waals surface area contributed by atoms with Crippen molar-refractivity contribution in [2.24, 2.45) is 0 Å². The Kier molecular flexibility index (Phi) is 67.6. The van der Waals surface area contributed by atoms with Crippen molar-refractivity contribution in [1.29, 1.82) is 0 Å². The molecule has 0 amide bonds. The lowest BCUT2D eigenvalue weighted by molar-refractivity contribution is -0.870. The summed E-state index contributed by atoms with van der Waals surface area (Å²) in [7, 11) is 5.99. The lowest BCUT2D eigenvalue weighted by atomic mass is 10.0. The van der Waals surface area contributed by atoms with Crippen LogP contribution in [0.25, 0.3) is 0 Å². The maximum absolute atomic E-state index is 13.0. The van der Waals surface area contributed by atoms with Crippen molar-refractivity contribution in [3.63, 3.8) is 0 Å². The molecule has 9 heteroatoms. The molecule has 0 radical (unpaired) electrons. The maximum Gasteiger partial charge on any atom is 0.361 e. The fraction of sp³-hybridized carbons (Fsp3) is 0.787. The Bertz CT molecular complexity index is 1740. The first-order valence-corrected chi connectivity index (χ1v) is 37.8. The highest BCUT2D eigenvalue weighted by atomic mass is 16.7. The average Bonchev–Trinajstić information content (AvgIpc) is 3.64. The van der Waals surface area contributed by atoms with Gasteiger partial charge in [-0.2, -0.15) is 0 Å². The fourth-order valence-corrected chi connectivity index (χ4v) is 10.9. The molecule has 9 nitrogen and oxygen atoms in total. The highest BCUT2D eigenvalue weighted by Gasteiger charge is 2.25. The Morgan fingerprint density at radius 2 is 0.640 bits per heavy atom. The molecule has 0 spiro atoms. The minimum atomic E-state index is -1.51. The summed E-state index contributed by atoms with van der Waals surface area (Å²) in [6.07, 6.45) is 92.9. The summed E-state index contributed by atoms with van der Waals surface area (Å²) in [5.41, 5.74) is 0. The van der Waals surface area contributed by atoms with Crippen LogP contribution in [0.2, 0.25) is 0 Å². The number of carboxylic acids is 1. The van der Waals surface area contributed by atoms with Gasteiger partial charge in [-0.3, -0.25) is 9.59 Å². The zero-order chi connectivity index (χ0) is 64.7. The zero-order valence-corrected chi connectivity index (χ0v) is 59.1. The summed E-state index contributed by atoms with van der Waals surface area (Å²) in [6, 6.07) is 0. The van der Waals surface area contributed by atoms with E-state index < -0.39 is 18.4 Å². The summed E-state index contributed by atoms with van der Waals surface area (Å²) in [5, 5.41) is 9.76. The molecule has 89 heavy (non-hydrogen) atoms. The minimum Gasteiger partial charge on any atom is -0.477 e. The smallest absolute Gasteiger partial charge is 0.361 e. The predicted molar refractivity (Wildman–Crippen MR) is 382 cm³/mol. The number of hydrogen-bond donors (Lipinski definition) is 1. The van der Waals surface area contributed by atoms with Crippen LogP contribution in [0.3, 0.4) is 0 Å². The number of unbranched alkanes of at least 4 members (excludes halogenated alkanes) is 41. The highest BCUT2D eigenvalue weighted by molar-refractivity contribution is 5.71. The molecule has 0 aliphatic carbocycles. The van der Waals surface area contributed by atoms with Crippen molar-refractivity contribution in [3.05, 3.63) is 85.1 Å². The van der Waals surface area contributed by atoms with Crippen LogP contribution in [0.1, 0.15) is 348 Å². The predicted octanol–water partition coefficient (Wildman–Crippen LogP) is 23.8. The zero-order valence-electron chi connectivity index (χ0n) is 59.1. The normalized spacial score (nSPS) is 13.1. The molecule has 0 saturated heterocycles. The largest absolute Gasteiger partial charge is 0.477 e. The van der Waals surface area contributed by atoms with Crippen LogP contribution in [-0.2, 0) is 33.3 Å². The topological polar surface area (TPSA) is 108 Å². The van der Waals surface area contributed by atoms with Crippen molar-refractivity contribution in [2.45, 2.75) is 360 Å². The molecule has 0 aromatic rings. The van der Waals surface area contributed by atoms with Gasteiger partial charge < -0.3 is 28.5 Å². The first-order chi connectivity index (χ1) is 43.6. The molecule has 0 aromatic heterocycles. The monoisotopic (exact) mass is 1250 g/mol. The van der Waals surface area contributed by atoms with E-state index in [1.165, 1.54) is 244 Å². The Morgan fingerprint density at radius 1 is 0.348 bits per heavy atom. The molecular formula is C80H144NO8+. The van der Waals surface area contributed by atoms with E-state index in [1.807, 2.05) is 21.1 Å². The van der Waals surface area contributed by atoms with Gasteiger partial charge in [-0.05, 0) is 89.9 Å².